The maximum Gasteiger partial charge on any atom is 0.293 e. The highest BCUT2D eigenvalue weighted by Gasteiger charge is 2.27. The van der Waals surface area contributed by atoms with Gasteiger partial charge in [0.25, 0.3) is 5.69 Å². The topological polar surface area (TPSA) is 122 Å². The smallest absolute Gasteiger partial charge is 0.293 e. The largest absolute Gasteiger partial charge is 0.497 e. The number of hydrogen-bond donors (Lipinski definition) is 1. The summed E-state index contributed by atoms with van der Waals surface area (Å²) in [5.74, 6) is 0.166. The van der Waals surface area contributed by atoms with Crippen LogP contribution in [0.1, 0.15) is 6.92 Å². The van der Waals surface area contributed by atoms with Gasteiger partial charge in [0.1, 0.15) is 11.8 Å². The third-order valence-electron chi connectivity index (χ3n) is 2.18. The summed E-state index contributed by atoms with van der Waals surface area (Å²) in [5.41, 5.74) is -0.614. The van der Waals surface area contributed by atoms with Crippen LogP contribution >= 0.6 is 0 Å². The van der Waals surface area contributed by atoms with E-state index in [0.717, 1.165) is 12.1 Å². The summed E-state index contributed by atoms with van der Waals surface area (Å²) in [6, 6.07) is 4.04. The van der Waals surface area contributed by atoms with E-state index in [-0.39, 0.29) is 5.75 Å². The molecule has 0 aliphatic rings. The van der Waals surface area contributed by atoms with Crippen LogP contribution in [0.3, 0.4) is 0 Å². The van der Waals surface area contributed by atoms with Crippen molar-refractivity contribution in [3.05, 3.63) is 28.3 Å². The first-order valence-electron chi connectivity index (χ1n) is 5.06. The fraction of sp³-hybridized carbons (Fsp3) is 0.300. The number of nitrogens with one attached hydrogen (secondary N) is 1. The second-order valence-corrected chi connectivity index (χ2v) is 5.25. The molecule has 9 heteroatoms. The van der Waals surface area contributed by atoms with E-state index in [1.165, 1.54) is 20.1 Å². The van der Waals surface area contributed by atoms with E-state index in [0.29, 0.717) is 0 Å². The Hall–Kier alpha value is -2.18. The Balaban J connectivity index is 3.35. The number of benzene rings is 1. The number of nitrogens with zero attached hydrogens (tertiary/aromatic N) is 2. The molecule has 0 aromatic heterocycles. The lowest BCUT2D eigenvalue weighted by Gasteiger charge is -2.09. The number of nitro groups is 1. The highest BCUT2D eigenvalue weighted by Crippen LogP contribution is 2.28. The fourth-order valence-electron chi connectivity index (χ4n) is 1.32. The zero-order valence-corrected chi connectivity index (χ0v) is 11.0. The number of ether oxygens (including phenoxy) is 1. The Morgan fingerprint density at radius 2 is 2.16 bits per heavy atom. The van der Waals surface area contributed by atoms with Crippen LogP contribution in [0.2, 0.25) is 0 Å². The van der Waals surface area contributed by atoms with Gasteiger partial charge in [-0.05, 0) is 19.1 Å². The number of sulfonamides is 1. The van der Waals surface area contributed by atoms with E-state index in [2.05, 4.69) is 0 Å². The van der Waals surface area contributed by atoms with Gasteiger partial charge in [-0.3, -0.25) is 10.1 Å². The number of methoxy groups -OCH3 is 1. The second kappa shape index (κ2) is 5.64. The normalized spacial score (nSPS) is 12.5. The van der Waals surface area contributed by atoms with E-state index < -0.39 is 31.6 Å². The van der Waals surface area contributed by atoms with Crippen molar-refractivity contribution in [1.82, 2.24) is 4.72 Å². The Labute approximate surface area is 109 Å². The van der Waals surface area contributed by atoms with Crippen LogP contribution < -0.4 is 9.46 Å². The molecule has 1 N–H and O–H groups in total. The molecule has 0 saturated heterocycles. The second-order valence-electron chi connectivity index (χ2n) is 3.56. The Kier molecular flexibility index (Phi) is 4.42. The van der Waals surface area contributed by atoms with Gasteiger partial charge >= 0.3 is 0 Å². The minimum absolute atomic E-state index is 0.166. The molecule has 0 amide bonds. The van der Waals surface area contributed by atoms with Crippen molar-refractivity contribution < 1.29 is 18.1 Å². The van der Waals surface area contributed by atoms with E-state index in [9.17, 15) is 18.5 Å². The molecular weight excluding hydrogens is 274 g/mol. The van der Waals surface area contributed by atoms with Crippen molar-refractivity contribution in [2.75, 3.05) is 7.11 Å². The lowest BCUT2D eigenvalue weighted by molar-refractivity contribution is -0.387. The number of nitriles is 1. The standard InChI is InChI=1S/C10H11N3O5S/c1-7(6-11)12-19(16,17)10-4-3-8(18-2)5-9(10)13(14)15/h3-5,7,12H,1-2H3. The van der Waals surface area contributed by atoms with E-state index in [1.54, 1.807) is 6.07 Å². The summed E-state index contributed by atoms with van der Waals surface area (Å²) in [7, 11) is -2.83. The first-order valence-corrected chi connectivity index (χ1v) is 6.54. The van der Waals surface area contributed by atoms with E-state index >= 15 is 0 Å². The van der Waals surface area contributed by atoms with Crippen LogP contribution in [0.4, 0.5) is 5.69 Å². The highest BCUT2D eigenvalue weighted by molar-refractivity contribution is 7.89. The zero-order valence-electron chi connectivity index (χ0n) is 10.2. The van der Waals surface area contributed by atoms with Crippen molar-refractivity contribution in [3.8, 4) is 11.8 Å². The van der Waals surface area contributed by atoms with Crippen molar-refractivity contribution in [2.45, 2.75) is 17.9 Å². The minimum atomic E-state index is -4.14. The van der Waals surface area contributed by atoms with Crippen LogP contribution in [0.15, 0.2) is 23.1 Å². The van der Waals surface area contributed by atoms with Crippen LogP contribution in [0.5, 0.6) is 5.75 Å². The zero-order chi connectivity index (χ0) is 14.6. The molecule has 1 aromatic rings. The maximum absolute atomic E-state index is 11.9. The molecule has 0 aliphatic heterocycles. The quantitative estimate of drug-likeness (QED) is 0.630. The third-order valence-corrected chi connectivity index (χ3v) is 3.77. The Bertz CT molecular complexity index is 635. The molecule has 1 unspecified atom stereocenters. The predicted octanol–water partition coefficient (Wildman–Crippen LogP) is 0.794. The molecule has 8 nitrogen and oxygen atoms in total. The summed E-state index contributed by atoms with van der Waals surface area (Å²) in [4.78, 5) is 9.55. The molecule has 0 radical (unpaired) electrons. The molecule has 0 saturated carbocycles. The van der Waals surface area contributed by atoms with Gasteiger partial charge in [-0.2, -0.15) is 9.98 Å². The summed E-state index contributed by atoms with van der Waals surface area (Å²) < 4.78 is 30.7. The number of rotatable bonds is 5. The van der Waals surface area contributed by atoms with Gasteiger partial charge in [-0.1, -0.05) is 0 Å². The van der Waals surface area contributed by atoms with Gasteiger partial charge in [-0.15, -0.1) is 0 Å². The first-order chi connectivity index (χ1) is 8.81. The Morgan fingerprint density at radius 3 is 2.63 bits per heavy atom. The molecule has 0 fully saturated rings. The average molecular weight is 285 g/mol. The van der Waals surface area contributed by atoms with Crippen LogP contribution in [-0.4, -0.2) is 26.5 Å². The minimum Gasteiger partial charge on any atom is -0.497 e. The molecular formula is C10H11N3O5S. The SMILES string of the molecule is COc1ccc(S(=O)(=O)NC(C)C#N)c([N+](=O)[O-])c1. The average Bonchev–Trinajstić information content (AvgIpc) is 2.37. The van der Waals surface area contributed by atoms with E-state index in [4.69, 9.17) is 10.00 Å². The third kappa shape index (κ3) is 3.40. The van der Waals surface area contributed by atoms with E-state index in [1.807, 2.05) is 4.72 Å². The Morgan fingerprint density at radius 1 is 1.53 bits per heavy atom. The van der Waals surface area contributed by atoms with Crippen LogP contribution in [-0.2, 0) is 10.0 Å². The molecule has 0 bridgehead atoms. The van der Waals surface area contributed by atoms with Crippen LogP contribution in [0, 0.1) is 21.4 Å². The summed E-state index contributed by atoms with van der Waals surface area (Å²) in [6.45, 7) is 1.33. The summed E-state index contributed by atoms with van der Waals surface area (Å²) in [6.07, 6.45) is 0. The van der Waals surface area contributed by atoms with Gasteiger partial charge in [0.15, 0.2) is 4.90 Å². The molecule has 1 rings (SSSR count). The van der Waals surface area contributed by atoms with Gasteiger partial charge in [0.05, 0.1) is 24.2 Å². The first kappa shape index (κ1) is 14.9. The van der Waals surface area contributed by atoms with Crippen molar-refractivity contribution in [3.63, 3.8) is 0 Å². The van der Waals surface area contributed by atoms with Gasteiger partial charge in [0, 0.05) is 0 Å². The van der Waals surface area contributed by atoms with Crippen molar-refractivity contribution in [1.29, 1.82) is 5.26 Å². The molecule has 0 heterocycles. The summed E-state index contributed by atoms with van der Waals surface area (Å²) >= 11 is 0. The fourth-order valence-corrected chi connectivity index (χ4v) is 2.62. The van der Waals surface area contributed by atoms with Crippen molar-refractivity contribution >= 4 is 15.7 Å². The lowest BCUT2D eigenvalue weighted by atomic mass is 10.3. The van der Waals surface area contributed by atoms with Gasteiger partial charge < -0.3 is 4.74 Å². The molecule has 19 heavy (non-hydrogen) atoms. The van der Waals surface area contributed by atoms with Gasteiger partial charge in [0.2, 0.25) is 10.0 Å². The van der Waals surface area contributed by atoms with Crippen LogP contribution in [0.25, 0.3) is 0 Å². The van der Waals surface area contributed by atoms with Crippen molar-refractivity contribution in [2.24, 2.45) is 0 Å². The lowest BCUT2D eigenvalue weighted by Crippen LogP contribution is -2.31. The molecule has 0 spiro atoms. The molecule has 102 valence electrons. The monoisotopic (exact) mass is 285 g/mol. The van der Waals surface area contributed by atoms with Gasteiger partial charge in [-0.25, -0.2) is 8.42 Å². The summed E-state index contributed by atoms with van der Waals surface area (Å²) in [5, 5.41) is 19.5. The molecule has 1 aromatic carbocycles. The molecule has 1 atom stereocenters. The predicted molar refractivity (Wildman–Crippen MR) is 65.0 cm³/mol. The maximum atomic E-state index is 11.9. The molecule has 0 aliphatic carbocycles. The number of hydrogen-bond acceptors (Lipinski definition) is 6. The number of nitro benzene ring substituents is 1. The highest BCUT2D eigenvalue weighted by atomic mass is 32.2.